The summed E-state index contributed by atoms with van der Waals surface area (Å²) in [7, 11) is 0. The van der Waals surface area contributed by atoms with E-state index in [1.165, 1.54) is 24.6 Å². The van der Waals surface area contributed by atoms with Crippen molar-refractivity contribution >= 4 is 17.6 Å². The smallest absolute Gasteiger partial charge is 0.338 e. The predicted octanol–water partition coefficient (Wildman–Crippen LogP) is 4.72. The number of anilines is 1. The fourth-order valence-corrected chi connectivity index (χ4v) is 2.41. The van der Waals surface area contributed by atoms with E-state index in [9.17, 15) is 18.4 Å². The van der Waals surface area contributed by atoms with Crippen LogP contribution in [-0.4, -0.2) is 25.1 Å². The summed E-state index contributed by atoms with van der Waals surface area (Å²) in [5.74, 6) is -2.75. The maximum Gasteiger partial charge on any atom is 0.338 e. The highest BCUT2D eigenvalue weighted by Crippen LogP contribution is 2.18. The van der Waals surface area contributed by atoms with E-state index in [1.54, 1.807) is 12.1 Å². The van der Waals surface area contributed by atoms with Crippen molar-refractivity contribution in [2.45, 2.75) is 32.6 Å². The molecule has 0 bridgehead atoms. The van der Waals surface area contributed by atoms with Crippen LogP contribution in [0.4, 0.5) is 14.5 Å². The van der Waals surface area contributed by atoms with Crippen molar-refractivity contribution in [1.29, 1.82) is 0 Å². The molecule has 2 rings (SSSR count). The quantitative estimate of drug-likeness (QED) is 0.470. The van der Waals surface area contributed by atoms with Crippen LogP contribution in [0.5, 0.6) is 5.75 Å². The maximum atomic E-state index is 13.5. The molecule has 0 aliphatic carbocycles. The highest BCUT2D eigenvalue weighted by Gasteiger charge is 2.14. The van der Waals surface area contributed by atoms with E-state index in [0.29, 0.717) is 12.4 Å². The summed E-state index contributed by atoms with van der Waals surface area (Å²) >= 11 is 0. The molecular formula is C21H23F2NO4. The lowest BCUT2D eigenvalue weighted by molar-refractivity contribution is -0.119. The molecular weight excluding hydrogens is 368 g/mol. The first-order valence-corrected chi connectivity index (χ1v) is 9.15. The molecule has 28 heavy (non-hydrogen) atoms. The molecule has 0 fully saturated rings. The molecule has 0 aliphatic heterocycles. The van der Waals surface area contributed by atoms with Gasteiger partial charge in [0, 0.05) is 0 Å². The van der Waals surface area contributed by atoms with Crippen molar-refractivity contribution in [3.63, 3.8) is 0 Å². The van der Waals surface area contributed by atoms with Crippen molar-refractivity contribution in [2.24, 2.45) is 0 Å². The zero-order valence-corrected chi connectivity index (χ0v) is 15.7. The molecule has 0 spiro atoms. The van der Waals surface area contributed by atoms with Crippen LogP contribution in [-0.2, 0) is 9.53 Å². The third kappa shape index (κ3) is 6.64. The second-order valence-corrected chi connectivity index (χ2v) is 6.15. The van der Waals surface area contributed by atoms with Crippen molar-refractivity contribution in [2.75, 3.05) is 18.5 Å². The number of para-hydroxylation sites is 1. The van der Waals surface area contributed by atoms with Gasteiger partial charge in [0.05, 0.1) is 12.2 Å². The molecule has 150 valence electrons. The predicted molar refractivity (Wildman–Crippen MR) is 101 cm³/mol. The highest BCUT2D eigenvalue weighted by atomic mass is 19.1. The highest BCUT2D eigenvalue weighted by molar-refractivity contribution is 5.95. The summed E-state index contributed by atoms with van der Waals surface area (Å²) in [6.45, 7) is 2.08. The number of nitrogens with one attached hydrogen (secondary N) is 1. The second-order valence-electron chi connectivity index (χ2n) is 6.15. The first-order valence-electron chi connectivity index (χ1n) is 9.15. The first-order chi connectivity index (χ1) is 13.5. The molecule has 7 heteroatoms. The van der Waals surface area contributed by atoms with Crippen LogP contribution in [0.25, 0.3) is 0 Å². The molecule has 2 aromatic carbocycles. The van der Waals surface area contributed by atoms with E-state index in [4.69, 9.17) is 9.47 Å². The van der Waals surface area contributed by atoms with Crippen molar-refractivity contribution in [1.82, 2.24) is 0 Å². The van der Waals surface area contributed by atoms with Gasteiger partial charge in [-0.05, 0) is 42.8 Å². The summed E-state index contributed by atoms with van der Waals surface area (Å²) in [4.78, 5) is 23.7. The Balaban J connectivity index is 1.78. The Bertz CT molecular complexity index is 773. The molecule has 5 nitrogen and oxygen atoms in total. The minimum Gasteiger partial charge on any atom is -0.494 e. The Morgan fingerprint density at radius 1 is 0.964 bits per heavy atom. The second kappa shape index (κ2) is 11.0. The van der Waals surface area contributed by atoms with Crippen LogP contribution in [0.15, 0.2) is 42.5 Å². The molecule has 0 heterocycles. The van der Waals surface area contributed by atoms with E-state index < -0.39 is 35.8 Å². The Morgan fingerprint density at radius 3 is 2.29 bits per heavy atom. The lowest BCUT2D eigenvalue weighted by Gasteiger charge is -2.09. The third-order valence-corrected chi connectivity index (χ3v) is 3.92. The van der Waals surface area contributed by atoms with E-state index in [1.807, 2.05) is 5.32 Å². The van der Waals surface area contributed by atoms with Crippen LogP contribution in [0.1, 0.15) is 43.0 Å². The van der Waals surface area contributed by atoms with Gasteiger partial charge in [-0.2, -0.15) is 0 Å². The van der Waals surface area contributed by atoms with Gasteiger partial charge in [0.25, 0.3) is 5.91 Å². The van der Waals surface area contributed by atoms with E-state index in [-0.39, 0.29) is 5.56 Å². The van der Waals surface area contributed by atoms with Gasteiger partial charge in [0.2, 0.25) is 0 Å². The molecule has 1 N–H and O–H groups in total. The summed E-state index contributed by atoms with van der Waals surface area (Å²) < 4.78 is 37.4. The molecule has 0 unspecified atom stereocenters. The fourth-order valence-electron chi connectivity index (χ4n) is 2.41. The average Bonchev–Trinajstić information content (AvgIpc) is 2.69. The van der Waals surface area contributed by atoms with Crippen LogP contribution >= 0.6 is 0 Å². The SMILES string of the molecule is CCCCCCOc1ccc(C(=O)OCC(=O)Nc2c(F)cccc2F)cc1. The minimum absolute atomic E-state index is 0.239. The summed E-state index contributed by atoms with van der Waals surface area (Å²) in [5, 5.41) is 2.05. The van der Waals surface area contributed by atoms with Gasteiger partial charge >= 0.3 is 5.97 Å². The van der Waals surface area contributed by atoms with Crippen molar-refractivity contribution in [3.8, 4) is 5.75 Å². The fraction of sp³-hybridized carbons (Fsp3) is 0.333. The summed E-state index contributed by atoms with van der Waals surface area (Å²) in [5.41, 5.74) is -0.341. The van der Waals surface area contributed by atoms with Crippen molar-refractivity contribution < 1.29 is 27.8 Å². The number of hydrogen-bond donors (Lipinski definition) is 1. The van der Waals surface area contributed by atoms with E-state index in [0.717, 1.165) is 31.4 Å². The summed E-state index contributed by atoms with van der Waals surface area (Å²) in [6, 6.07) is 9.54. The Kier molecular flexibility index (Phi) is 8.39. The Morgan fingerprint density at radius 2 is 1.64 bits per heavy atom. The average molecular weight is 391 g/mol. The number of rotatable bonds is 10. The molecule has 0 aromatic heterocycles. The number of benzene rings is 2. The lowest BCUT2D eigenvalue weighted by Crippen LogP contribution is -2.22. The van der Waals surface area contributed by atoms with Crippen LogP contribution < -0.4 is 10.1 Å². The third-order valence-electron chi connectivity index (χ3n) is 3.92. The zero-order valence-electron chi connectivity index (χ0n) is 15.7. The van der Waals surface area contributed by atoms with Crippen LogP contribution in [0, 0.1) is 11.6 Å². The molecule has 0 saturated carbocycles. The van der Waals surface area contributed by atoms with E-state index >= 15 is 0 Å². The maximum absolute atomic E-state index is 13.5. The normalized spacial score (nSPS) is 10.4. The van der Waals surface area contributed by atoms with Gasteiger partial charge in [-0.3, -0.25) is 4.79 Å². The van der Waals surface area contributed by atoms with Gasteiger partial charge in [0.1, 0.15) is 23.1 Å². The molecule has 2 aromatic rings. The van der Waals surface area contributed by atoms with E-state index in [2.05, 4.69) is 6.92 Å². The van der Waals surface area contributed by atoms with Crippen LogP contribution in [0.3, 0.4) is 0 Å². The van der Waals surface area contributed by atoms with Gasteiger partial charge in [-0.1, -0.05) is 32.3 Å². The van der Waals surface area contributed by atoms with Crippen LogP contribution in [0.2, 0.25) is 0 Å². The number of halogens is 2. The lowest BCUT2D eigenvalue weighted by atomic mass is 10.2. The molecule has 1 amide bonds. The number of amides is 1. The molecule has 0 aliphatic rings. The Hall–Kier alpha value is -2.96. The number of esters is 1. The number of ether oxygens (including phenoxy) is 2. The number of carbonyl (C=O) groups is 2. The molecule has 0 atom stereocenters. The van der Waals surface area contributed by atoms with Gasteiger partial charge in [-0.25, -0.2) is 13.6 Å². The molecule has 0 saturated heterocycles. The van der Waals surface area contributed by atoms with Gasteiger partial charge < -0.3 is 14.8 Å². The standard InChI is InChI=1S/C21H23F2NO4/c1-2-3-4-5-13-27-16-11-9-15(10-12-16)21(26)28-14-19(25)24-20-17(22)7-6-8-18(20)23/h6-12H,2-5,13-14H2,1H3,(H,24,25). The zero-order chi connectivity index (χ0) is 20.4. The number of carbonyl (C=O) groups excluding carboxylic acids is 2. The van der Waals surface area contributed by atoms with Crippen molar-refractivity contribution in [3.05, 3.63) is 59.7 Å². The first kappa shape index (κ1) is 21.3. The summed E-state index contributed by atoms with van der Waals surface area (Å²) in [6.07, 6.45) is 4.41. The Labute approximate surface area is 162 Å². The van der Waals surface area contributed by atoms with Gasteiger partial charge in [-0.15, -0.1) is 0 Å². The largest absolute Gasteiger partial charge is 0.494 e. The topological polar surface area (TPSA) is 64.6 Å². The van der Waals surface area contributed by atoms with Gasteiger partial charge in [0.15, 0.2) is 6.61 Å². The number of hydrogen-bond acceptors (Lipinski definition) is 4. The number of unbranched alkanes of at least 4 members (excludes halogenated alkanes) is 3. The molecule has 0 radical (unpaired) electrons. The minimum atomic E-state index is -0.912. The monoisotopic (exact) mass is 391 g/mol.